The van der Waals surface area contributed by atoms with Crippen molar-refractivity contribution in [3.63, 3.8) is 0 Å². The molecule has 2 aromatic rings. The fraction of sp³-hybridized carbons (Fsp3) is 0.412. The highest BCUT2D eigenvalue weighted by molar-refractivity contribution is 5.66. The zero-order valence-corrected chi connectivity index (χ0v) is 13.2. The summed E-state index contributed by atoms with van der Waals surface area (Å²) < 4.78 is 16.6. The third kappa shape index (κ3) is 3.60. The number of fused-ring (bicyclic) bond motifs is 3. The van der Waals surface area contributed by atoms with E-state index < -0.39 is 0 Å². The Labute approximate surface area is 134 Å². The molecule has 1 aromatic carbocycles. The molecule has 0 radical (unpaired) electrons. The van der Waals surface area contributed by atoms with Crippen molar-refractivity contribution in [1.82, 2.24) is 9.55 Å². The van der Waals surface area contributed by atoms with E-state index in [0.717, 1.165) is 44.1 Å². The molecule has 1 aromatic heterocycles. The Hall–Kier alpha value is -2.18. The minimum Gasteiger partial charge on any atom is -0.481 e. The van der Waals surface area contributed by atoms with Gasteiger partial charge in [-0.1, -0.05) is 24.3 Å². The number of hydrogen-bond donors (Lipinski definition) is 0. The molecular formula is C17H20N2O4. The van der Waals surface area contributed by atoms with Crippen molar-refractivity contribution in [3.8, 4) is 17.1 Å². The summed E-state index contributed by atoms with van der Waals surface area (Å²) in [6.07, 6.45) is 0.872. The topological polar surface area (TPSA) is 62.6 Å². The molecule has 0 bridgehead atoms. The molecule has 3 heterocycles. The molecular weight excluding hydrogens is 296 g/mol. The molecule has 122 valence electrons. The number of methoxy groups -OCH3 is 1. The third-order valence-electron chi connectivity index (χ3n) is 3.84. The van der Waals surface area contributed by atoms with Crippen LogP contribution in [0.4, 0.5) is 0 Å². The summed E-state index contributed by atoms with van der Waals surface area (Å²) in [5, 5.41) is 0. The number of hydrogen-bond acceptors (Lipinski definition) is 5. The molecule has 0 N–H and O–H groups in total. The first-order chi connectivity index (χ1) is 11.3. The van der Waals surface area contributed by atoms with Gasteiger partial charge in [0.05, 0.1) is 39.2 Å². The molecule has 0 saturated carbocycles. The van der Waals surface area contributed by atoms with Gasteiger partial charge in [-0.05, 0) is 12.0 Å². The van der Waals surface area contributed by atoms with Gasteiger partial charge in [0.15, 0.2) is 0 Å². The molecule has 6 heteroatoms. The van der Waals surface area contributed by atoms with Crippen LogP contribution in [0.15, 0.2) is 35.1 Å². The van der Waals surface area contributed by atoms with Crippen LogP contribution in [0.1, 0.15) is 5.56 Å². The molecule has 0 spiro atoms. The predicted molar refractivity (Wildman–Crippen MR) is 85.8 cm³/mol. The van der Waals surface area contributed by atoms with E-state index in [9.17, 15) is 4.79 Å². The highest BCUT2D eigenvalue weighted by Crippen LogP contribution is 2.28. The van der Waals surface area contributed by atoms with Gasteiger partial charge in [-0.2, -0.15) is 4.98 Å². The van der Waals surface area contributed by atoms with E-state index in [1.54, 1.807) is 4.57 Å². The molecule has 0 atom stereocenters. The lowest BCUT2D eigenvalue weighted by Crippen LogP contribution is -2.28. The van der Waals surface area contributed by atoms with Crippen molar-refractivity contribution >= 4 is 0 Å². The van der Waals surface area contributed by atoms with Crippen LogP contribution in [-0.4, -0.2) is 43.1 Å². The minimum atomic E-state index is -0.242. The summed E-state index contributed by atoms with van der Waals surface area (Å²) in [5.74, 6) is 0.373. The normalized spacial score (nSPS) is 15.7. The first-order valence-electron chi connectivity index (χ1n) is 7.69. The average Bonchev–Trinajstić information content (AvgIpc) is 2.63. The number of rotatable bonds is 1. The van der Waals surface area contributed by atoms with E-state index in [4.69, 9.17) is 14.2 Å². The van der Waals surface area contributed by atoms with Crippen molar-refractivity contribution in [3.05, 3.63) is 46.4 Å². The van der Waals surface area contributed by atoms with Crippen molar-refractivity contribution in [1.29, 1.82) is 0 Å². The second-order valence-corrected chi connectivity index (χ2v) is 5.25. The van der Waals surface area contributed by atoms with E-state index in [-0.39, 0.29) is 5.69 Å². The lowest BCUT2D eigenvalue weighted by atomic mass is 9.98. The first kappa shape index (κ1) is 15.7. The smallest absolute Gasteiger partial charge is 0.351 e. The molecule has 2 aliphatic heterocycles. The average molecular weight is 316 g/mol. The fourth-order valence-electron chi connectivity index (χ4n) is 2.69. The fourth-order valence-corrected chi connectivity index (χ4v) is 2.69. The largest absolute Gasteiger partial charge is 0.481 e. The maximum atomic E-state index is 11.8. The van der Waals surface area contributed by atoms with Crippen molar-refractivity contribution in [2.75, 3.05) is 33.5 Å². The SMILES string of the molecule is C1COCCO1.COc1cc2n(c(=O)n1)CCc1ccccc1-2. The van der Waals surface area contributed by atoms with Gasteiger partial charge in [0, 0.05) is 18.2 Å². The Kier molecular flexibility index (Phi) is 5.05. The monoisotopic (exact) mass is 316 g/mol. The molecule has 0 unspecified atom stereocenters. The van der Waals surface area contributed by atoms with Crippen LogP contribution in [0, 0.1) is 0 Å². The number of ether oxygens (including phenoxy) is 3. The van der Waals surface area contributed by atoms with Gasteiger partial charge in [0.2, 0.25) is 5.88 Å². The molecule has 1 fully saturated rings. The van der Waals surface area contributed by atoms with Gasteiger partial charge in [0.1, 0.15) is 0 Å². The highest BCUT2D eigenvalue weighted by atomic mass is 16.6. The summed E-state index contributed by atoms with van der Waals surface area (Å²) in [6, 6.07) is 9.94. The summed E-state index contributed by atoms with van der Waals surface area (Å²) in [7, 11) is 1.52. The summed E-state index contributed by atoms with van der Waals surface area (Å²) in [4.78, 5) is 15.7. The van der Waals surface area contributed by atoms with Crippen molar-refractivity contribution in [2.45, 2.75) is 13.0 Å². The lowest BCUT2D eigenvalue weighted by Gasteiger charge is -2.21. The van der Waals surface area contributed by atoms with E-state index in [1.165, 1.54) is 12.7 Å². The Bertz CT molecular complexity index is 711. The standard InChI is InChI=1S/C13H12N2O2.C4H8O2/c1-17-12-8-11-10-5-3-2-4-9(10)6-7-15(11)13(16)14-12;1-2-6-4-3-5-1/h2-5,8H,6-7H2,1H3;1-4H2. The molecule has 0 aliphatic carbocycles. The van der Waals surface area contributed by atoms with Crippen LogP contribution in [0.3, 0.4) is 0 Å². The summed E-state index contributed by atoms with van der Waals surface area (Å²) in [6.45, 7) is 3.79. The van der Waals surface area contributed by atoms with Crippen LogP contribution >= 0.6 is 0 Å². The molecule has 2 aliphatic rings. The van der Waals surface area contributed by atoms with Gasteiger partial charge in [-0.15, -0.1) is 0 Å². The number of benzene rings is 1. The van der Waals surface area contributed by atoms with E-state index in [2.05, 4.69) is 11.1 Å². The third-order valence-corrected chi connectivity index (χ3v) is 3.84. The van der Waals surface area contributed by atoms with Crippen LogP contribution in [0.5, 0.6) is 5.88 Å². The maximum absolute atomic E-state index is 11.8. The van der Waals surface area contributed by atoms with Crippen molar-refractivity contribution in [2.24, 2.45) is 0 Å². The Morgan fingerprint density at radius 3 is 2.48 bits per heavy atom. The van der Waals surface area contributed by atoms with E-state index in [1.807, 2.05) is 24.3 Å². The van der Waals surface area contributed by atoms with Gasteiger partial charge < -0.3 is 14.2 Å². The Morgan fingerprint density at radius 1 is 1.13 bits per heavy atom. The van der Waals surface area contributed by atoms with Crippen LogP contribution in [0.2, 0.25) is 0 Å². The molecule has 4 rings (SSSR count). The van der Waals surface area contributed by atoms with Crippen molar-refractivity contribution < 1.29 is 14.2 Å². The Balaban J connectivity index is 0.000000220. The van der Waals surface area contributed by atoms with E-state index in [0.29, 0.717) is 12.4 Å². The molecule has 6 nitrogen and oxygen atoms in total. The Morgan fingerprint density at radius 2 is 1.83 bits per heavy atom. The number of aryl methyl sites for hydroxylation is 1. The van der Waals surface area contributed by atoms with Gasteiger partial charge >= 0.3 is 5.69 Å². The zero-order chi connectivity index (χ0) is 16.1. The first-order valence-corrected chi connectivity index (χ1v) is 7.69. The molecule has 0 amide bonds. The zero-order valence-electron chi connectivity index (χ0n) is 13.2. The van der Waals surface area contributed by atoms with Gasteiger partial charge in [-0.25, -0.2) is 4.79 Å². The molecule has 1 saturated heterocycles. The predicted octanol–water partition coefficient (Wildman–Crippen LogP) is 1.51. The second-order valence-electron chi connectivity index (χ2n) is 5.25. The van der Waals surface area contributed by atoms with E-state index >= 15 is 0 Å². The summed E-state index contributed by atoms with van der Waals surface area (Å²) in [5.41, 5.74) is 3.01. The quantitative estimate of drug-likeness (QED) is 0.798. The van der Waals surface area contributed by atoms with Gasteiger partial charge in [-0.3, -0.25) is 4.57 Å². The minimum absolute atomic E-state index is 0.242. The van der Waals surface area contributed by atoms with Crippen LogP contribution in [0.25, 0.3) is 11.3 Å². The highest BCUT2D eigenvalue weighted by Gasteiger charge is 2.17. The van der Waals surface area contributed by atoms with Gasteiger partial charge in [0.25, 0.3) is 0 Å². The van der Waals surface area contributed by atoms with Crippen LogP contribution < -0.4 is 10.4 Å². The second kappa shape index (κ2) is 7.39. The molecule has 23 heavy (non-hydrogen) atoms. The number of nitrogens with zero attached hydrogens (tertiary/aromatic N) is 2. The summed E-state index contributed by atoms with van der Waals surface area (Å²) >= 11 is 0. The van der Waals surface area contributed by atoms with Crippen LogP contribution in [-0.2, 0) is 22.4 Å². The number of aromatic nitrogens is 2. The lowest BCUT2D eigenvalue weighted by molar-refractivity contribution is -0.0334. The maximum Gasteiger partial charge on any atom is 0.351 e.